The van der Waals surface area contributed by atoms with Gasteiger partial charge in [0.15, 0.2) is 0 Å². The monoisotopic (exact) mass is 463 g/mol. The first-order valence-electron chi connectivity index (χ1n) is 10.2. The van der Waals surface area contributed by atoms with E-state index in [1.807, 2.05) is 60.9 Å². The van der Waals surface area contributed by atoms with Crippen molar-refractivity contribution in [3.05, 3.63) is 84.4 Å². The molecule has 0 aliphatic rings. The molecule has 0 aromatic heterocycles. The summed E-state index contributed by atoms with van der Waals surface area (Å²) in [5, 5.41) is 5.39. The number of nitrogens with one attached hydrogen (secondary N) is 2. The fraction of sp³-hybridized carbons (Fsp3) is 0.160. The quantitative estimate of drug-likeness (QED) is 0.468. The van der Waals surface area contributed by atoms with Gasteiger partial charge in [-0.2, -0.15) is 0 Å². The maximum Gasteiger partial charge on any atom is 0.251 e. The summed E-state index contributed by atoms with van der Waals surface area (Å²) in [6.07, 6.45) is 1.92. The van der Waals surface area contributed by atoms with Gasteiger partial charge in [0, 0.05) is 17.5 Å². The van der Waals surface area contributed by atoms with Crippen molar-refractivity contribution in [3.63, 3.8) is 0 Å². The van der Waals surface area contributed by atoms with Crippen LogP contribution in [0.15, 0.2) is 83.8 Å². The van der Waals surface area contributed by atoms with E-state index in [4.69, 9.17) is 4.74 Å². The fourth-order valence-corrected chi connectivity index (χ4v) is 3.49. The second-order valence-electron chi connectivity index (χ2n) is 7.12. The standard InChI is InChI=1S/C25H25N3O4S/c1-28(17-23(29)27-21-10-6-7-11-22(21)33-2)24(30)16-26-25(31)18-12-14-20(15-13-18)32-19-8-4-3-5-9-19/h3-15H,16-17H2,1-2H3,(H,26,31)(H,27,29). The molecule has 0 aliphatic heterocycles. The summed E-state index contributed by atoms with van der Waals surface area (Å²) in [6.45, 7) is -0.338. The Morgan fingerprint density at radius 2 is 1.52 bits per heavy atom. The first kappa shape index (κ1) is 23.9. The molecule has 0 atom stereocenters. The maximum atomic E-state index is 12.4. The molecule has 0 aliphatic carbocycles. The van der Waals surface area contributed by atoms with Crippen LogP contribution in [0, 0.1) is 0 Å². The summed E-state index contributed by atoms with van der Waals surface area (Å²) < 4.78 is 5.71. The molecule has 7 nitrogen and oxygen atoms in total. The number of ether oxygens (including phenoxy) is 1. The largest absolute Gasteiger partial charge is 0.457 e. The van der Waals surface area contributed by atoms with E-state index in [1.165, 1.54) is 23.7 Å². The minimum absolute atomic E-state index is 0.122. The van der Waals surface area contributed by atoms with Crippen LogP contribution in [-0.4, -0.2) is 49.0 Å². The first-order valence-corrected chi connectivity index (χ1v) is 11.5. The number of hydrogen-bond donors (Lipinski definition) is 2. The van der Waals surface area contributed by atoms with Crippen molar-refractivity contribution in [2.75, 3.05) is 31.7 Å². The Hall–Kier alpha value is -3.78. The molecule has 33 heavy (non-hydrogen) atoms. The topological polar surface area (TPSA) is 87.7 Å². The van der Waals surface area contributed by atoms with Crippen LogP contribution in [0.4, 0.5) is 5.69 Å². The van der Waals surface area contributed by atoms with Gasteiger partial charge in [-0.25, -0.2) is 0 Å². The number of amides is 3. The summed E-state index contributed by atoms with van der Waals surface area (Å²) in [5.41, 5.74) is 1.10. The van der Waals surface area contributed by atoms with E-state index < -0.39 is 0 Å². The van der Waals surface area contributed by atoms with Crippen LogP contribution in [0.3, 0.4) is 0 Å². The van der Waals surface area contributed by atoms with Crippen molar-refractivity contribution in [1.82, 2.24) is 10.2 Å². The highest BCUT2D eigenvalue weighted by Gasteiger charge is 2.15. The lowest BCUT2D eigenvalue weighted by atomic mass is 10.2. The SMILES string of the molecule is CSc1ccccc1NC(=O)CN(C)C(=O)CNC(=O)c1ccc(Oc2ccccc2)cc1. The summed E-state index contributed by atoms with van der Waals surface area (Å²) in [7, 11) is 1.52. The normalized spacial score (nSPS) is 10.2. The molecule has 3 amide bonds. The van der Waals surface area contributed by atoms with Crippen LogP contribution in [-0.2, 0) is 9.59 Å². The minimum Gasteiger partial charge on any atom is -0.457 e. The Balaban J connectivity index is 1.46. The van der Waals surface area contributed by atoms with Crippen LogP contribution >= 0.6 is 11.8 Å². The first-order chi connectivity index (χ1) is 16.0. The molecule has 0 spiro atoms. The number of benzene rings is 3. The zero-order valence-corrected chi connectivity index (χ0v) is 19.2. The highest BCUT2D eigenvalue weighted by Crippen LogP contribution is 2.24. The summed E-state index contributed by atoms with van der Waals surface area (Å²) in [4.78, 5) is 39.2. The third-order valence-corrected chi connectivity index (χ3v) is 5.48. The van der Waals surface area contributed by atoms with Gasteiger partial charge in [-0.1, -0.05) is 30.3 Å². The molecule has 0 fully saturated rings. The number of thioether (sulfide) groups is 1. The van der Waals surface area contributed by atoms with Crippen LogP contribution in [0.25, 0.3) is 0 Å². The smallest absolute Gasteiger partial charge is 0.251 e. The number of carbonyl (C=O) groups excluding carboxylic acids is 3. The predicted octanol–water partition coefficient (Wildman–Crippen LogP) is 4.03. The van der Waals surface area contributed by atoms with Gasteiger partial charge in [0.2, 0.25) is 11.8 Å². The van der Waals surface area contributed by atoms with E-state index in [9.17, 15) is 14.4 Å². The number of rotatable bonds is 9. The van der Waals surface area contributed by atoms with Gasteiger partial charge in [-0.05, 0) is 54.8 Å². The Labute approximate surface area is 197 Å². The minimum atomic E-state index is -0.388. The van der Waals surface area contributed by atoms with Gasteiger partial charge in [0.25, 0.3) is 5.91 Å². The van der Waals surface area contributed by atoms with Gasteiger partial charge < -0.3 is 20.3 Å². The molecule has 0 heterocycles. The molecule has 3 aromatic rings. The molecule has 3 rings (SSSR count). The van der Waals surface area contributed by atoms with Crippen molar-refractivity contribution in [2.24, 2.45) is 0 Å². The number of likely N-dealkylation sites (N-methyl/N-ethyl adjacent to an activating group) is 1. The zero-order valence-electron chi connectivity index (χ0n) is 18.4. The van der Waals surface area contributed by atoms with Crippen molar-refractivity contribution in [3.8, 4) is 11.5 Å². The van der Waals surface area contributed by atoms with Crippen LogP contribution in [0.2, 0.25) is 0 Å². The Kier molecular flexibility index (Phi) is 8.49. The predicted molar refractivity (Wildman–Crippen MR) is 130 cm³/mol. The molecule has 2 N–H and O–H groups in total. The number of hydrogen-bond acceptors (Lipinski definition) is 5. The van der Waals surface area contributed by atoms with Crippen molar-refractivity contribution in [1.29, 1.82) is 0 Å². The molecule has 0 saturated carbocycles. The highest BCUT2D eigenvalue weighted by atomic mass is 32.2. The lowest BCUT2D eigenvalue weighted by Gasteiger charge is -2.18. The third kappa shape index (κ3) is 7.11. The molecule has 0 bridgehead atoms. The number of anilines is 1. The number of nitrogens with zero attached hydrogens (tertiary/aromatic N) is 1. The summed E-state index contributed by atoms with van der Waals surface area (Å²) in [5.74, 6) is 0.224. The van der Waals surface area contributed by atoms with Crippen LogP contribution < -0.4 is 15.4 Å². The summed E-state index contributed by atoms with van der Waals surface area (Å²) in [6, 6.07) is 23.4. The Morgan fingerprint density at radius 3 is 2.21 bits per heavy atom. The molecular weight excluding hydrogens is 438 g/mol. The van der Waals surface area contributed by atoms with E-state index in [2.05, 4.69) is 10.6 Å². The zero-order chi connectivity index (χ0) is 23.6. The molecule has 0 radical (unpaired) electrons. The summed E-state index contributed by atoms with van der Waals surface area (Å²) >= 11 is 1.52. The molecule has 0 unspecified atom stereocenters. The van der Waals surface area contributed by atoms with Gasteiger partial charge in [0.05, 0.1) is 18.8 Å². The average Bonchev–Trinajstić information content (AvgIpc) is 2.83. The van der Waals surface area contributed by atoms with Crippen LogP contribution in [0.1, 0.15) is 10.4 Å². The van der Waals surface area contributed by atoms with E-state index in [0.717, 1.165) is 4.90 Å². The molecule has 170 valence electrons. The third-order valence-electron chi connectivity index (χ3n) is 4.68. The van der Waals surface area contributed by atoms with E-state index >= 15 is 0 Å². The van der Waals surface area contributed by atoms with Gasteiger partial charge in [-0.15, -0.1) is 11.8 Å². The van der Waals surface area contributed by atoms with Crippen molar-refractivity contribution >= 4 is 35.2 Å². The molecule has 0 saturated heterocycles. The molecular formula is C25H25N3O4S. The second-order valence-corrected chi connectivity index (χ2v) is 7.97. The van der Waals surface area contributed by atoms with Gasteiger partial charge >= 0.3 is 0 Å². The van der Waals surface area contributed by atoms with Crippen LogP contribution in [0.5, 0.6) is 11.5 Å². The van der Waals surface area contributed by atoms with Gasteiger partial charge in [-0.3, -0.25) is 14.4 Å². The van der Waals surface area contributed by atoms with Crippen molar-refractivity contribution < 1.29 is 19.1 Å². The van der Waals surface area contributed by atoms with E-state index in [0.29, 0.717) is 22.7 Å². The molecule has 8 heteroatoms. The van der Waals surface area contributed by atoms with Crippen molar-refractivity contribution in [2.45, 2.75) is 4.90 Å². The lowest BCUT2D eigenvalue weighted by Crippen LogP contribution is -2.41. The van der Waals surface area contributed by atoms with E-state index in [-0.39, 0.29) is 30.8 Å². The Morgan fingerprint density at radius 1 is 0.879 bits per heavy atom. The fourth-order valence-electron chi connectivity index (χ4n) is 2.93. The maximum absolute atomic E-state index is 12.4. The molecule has 3 aromatic carbocycles. The van der Waals surface area contributed by atoms with E-state index in [1.54, 1.807) is 24.3 Å². The average molecular weight is 464 g/mol. The Bertz CT molecular complexity index is 1100. The number of para-hydroxylation sites is 2. The van der Waals surface area contributed by atoms with Gasteiger partial charge in [0.1, 0.15) is 11.5 Å². The lowest BCUT2D eigenvalue weighted by molar-refractivity contribution is -0.132. The second kappa shape index (κ2) is 11.7. The number of carbonyl (C=O) groups is 3. The highest BCUT2D eigenvalue weighted by molar-refractivity contribution is 7.98.